The van der Waals surface area contributed by atoms with Crippen molar-refractivity contribution in [3.05, 3.63) is 64.7 Å². The van der Waals surface area contributed by atoms with Crippen LogP contribution < -0.4 is 9.47 Å². The predicted octanol–water partition coefficient (Wildman–Crippen LogP) is 3.70. The van der Waals surface area contributed by atoms with Crippen molar-refractivity contribution in [1.82, 2.24) is 0 Å². The van der Waals surface area contributed by atoms with Crippen LogP contribution in [-0.4, -0.2) is 36.3 Å². The standard InChI is InChI=1S/C22H26O5/c1-14(2)5-8-16-12-18(21(27-4)13-19(16)23)22(25)20(24)11-15-6-9-17(26-3)10-7-15/h5-7,9-10,12-13,20,23-24H,8,11H2,1-4H3/t20-/m0/s1. The lowest BCUT2D eigenvalue weighted by Gasteiger charge is -2.15. The van der Waals surface area contributed by atoms with Gasteiger partial charge in [-0.15, -0.1) is 0 Å². The number of aliphatic hydroxyl groups is 1. The van der Waals surface area contributed by atoms with Crippen molar-refractivity contribution >= 4 is 5.78 Å². The van der Waals surface area contributed by atoms with Crippen LogP contribution in [0.3, 0.4) is 0 Å². The first-order valence-corrected chi connectivity index (χ1v) is 8.74. The number of aromatic hydroxyl groups is 1. The number of Topliss-reactive ketones (excluding diaryl/α,β-unsaturated/α-hetero) is 1. The molecule has 0 saturated carbocycles. The molecule has 0 amide bonds. The average Bonchev–Trinajstić information content (AvgIpc) is 2.66. The first-order chi connectivity index (χ1) is 12.8. The Hall–Kier alpha value is -2.79. The number of hydrogen-bond donors (Lipinski definition) is 2. The van der Waals surface area contributed by atoms with E-state index in [1.807, 2.05) is 32.1 Å². The predicted molar refractivity (Wildman–Crippen MR) is 105 cm³/mol. The van der Waals surface area contributed by atoms with E-state index in [1.54, 1.807) is 25.3 Å². The topological polar surface area (TPSA) is 76.0 Å². The maximum Gasteiger partial charge on any atom is 0.195 e. The minimum Gasteiger partial charge on any atom is -0.508 e. The van der Waals surface area contributed by atoms with Gasteiger partial charge in [0.05, 0.1) is 19.8 Å². The van der Waals surface area contributed by atoms with Crippen molar-refractivity contribution in [2.45, 2.75) is 32.8 Å². The molecule has 2 N–H and O–H groups in total. The Bertz CT molecular complexity index is 817. The molecule has 0 radical (unpaired) electrons. The van der Waals surface area contributed by atoms with E-state index in [0.29, 0.717) is 17.7 Å². The molecule has 5 heteroatoms. The highest BCUT2D eigenvalue weighted by Gasteiger charge is 2.23. The summed E-state index contributed by atoms with van der Waals surface area (Å²) < 4.78 is 10.3. The van der Waals surface area contributed by atoms with E-state index >= 15 is 0 Å². The number of phenols is 1. The molecule has 0 aliphatic rings. The van der Waals surface area contributed by atoms with Gasteiger partial charge in [-0.3, -0.25) is 4.79 Å². The van der Waals surface area contributed by atoms with Gasteiger partial charge in [-0.05, 0) is 49.6 Å². The normalized spacial score (nSPS) is 11.6. The van der Waals surface area contributed by atoms with Crippen molar-refractivity contribution < 1.29 is 24.5 Å². The summed E-state index contributed by atoms with van der Waals surface area (Å²) in [6, 6.07) is 10.2. The van der Waals surface area contributed by atoms with E-state index < -0.39 is 11.9 Å². The Labute approximate surface area is 159 Å². The fraction of sp³-hybridized carbons (Fsp3) is 0.318. The van der Waals surface area contributed by atoms with Gasteiger partial charge in [-0.25, -0.2) is 0 Å². The minimum atomic E-state index is -1.21. The van der Waals surface area contributed by atoms with Crippen molar-refractivity contribution in [1.29, 1.82) is 0 Å². The fourth-order valence-electron chi connectivity index (χ4n) is 2.71. The van der Waals surface area contributed by atoms with Gasteiger partial charge in [0, 0.05) is 12.5 Å². The first kappa shape index (κ1) is 20.5. The molecule has 0 bridgehead atoms. The summed E-state index contributed by atoms with van der Waals surface area (Å²) in [5.74, 6) is 0.572. The van der Waals surface area contributed by atoms with Crippen LogP contribution in [0, 0.1) is 0 Å². The van der Waals surface area contributed by atoms with Crippen LogP contribution in [0.2, 0.25) is 0 Å². The molecule has 2 aromatic carbocycles. The number of aliphatic hydroxyl groups excluding tert-OH is 1. The lowest BCUT2D eigenvalue weighted by atomic mass is 9.96. The van der Waals surface area contributed by atoms with Crippen LogP contribution in [0.5, 0.6) is 17.2 Å². The monoisotopic (exact) mass is 370 g/mol. The molecule has 0 aliphatic heterocycles. The van der Waals surface area contributed by atoms with E-state index in [2.05, 4.69) is 0 Å². The fourth-order valence-corrected chi connectivity index (χ4v) is 2.71. The second-order valence-corrected chi connectivity index (χ2v) is 6.60. The molecule has 0 fully saturated rings. The molecule has 2 rings (SSSR count). The van der Waals surface area contributed by atoms with Gasteiger partial charge in [-0.2, -0.15) is 0 Å². The van der Waals surface area contributed by atoms with Crippen molar-refractivity contribution in [2.24, 2.45) is 0 Å². The number of rotatable bonds is 8. The highest BCUT2D eigenvalue weighted by molar-refractivity contribution is 6.02. The van der Waals surface area contributed by atoms with Crippen LogP contribution in [-0.2, 0) is 12.8 Å². The summed E-state index contributed by atoms with van der Waals surface area (Å²) >= 11 is 0. The third kappa shape index (κ3) is 5.34. The smallest absolute Gasteiger partial charge is 0.195 e. The van der Waals surface area contributed by atoms with Crippen molar-refractivity contribution in [3.8, 4) is 17.2 Å². The number of hydrogen-bond acceptors (Lipinski definition) is 5. The van der Waals surface area contributed by atoms with E-state index in [0.717, 1.165) is 11.1 Å². The zero-order valence-corrected chi connectivity index (χ0v) is 16.2. The molecular formula is C22H26O5. The van der Waals surface area contributed by atoms with Gasteiger partial charge in [0.2, 0.25) is 0 Å². The summed E-state index contributed by atoms with van der Waals surface area (Å²) in [4.78, 5) is 12.8. The van der Waals surface area contributed by atoms with Gasteiger partial charge in [-0.1, -0.05) is 23.8 Å². The zero-order valence-electron chi connectivity index (χ0n) is 16.2. The lowest BCUT2D eigenvalue weighted by molar-refractivity contribution is 0.0744. The Morgan fingerprint density at radius 2 is 1.78 bits per heavy atom. The maximum atomic E-state index is 12.8. The van der Waals surface area contributed by atoms with Gasteiger partial charge in [0.1, 0.15) is 23.4 Å². The summed E-state index contributed by atoms with van der Waals surface area (Å²) in [5.41, 5.74) is 2.79. The molecule has 0 unspecified atom stereocenters. The van der Waals surface area contributed by atoms with Crippen LogP contribution in [0.4, 0.5) is 0 Å². The Morgan fingerprint density at radius 1 is 1.11 bits per heavy atom. The number of methoxy groups -OCH3 is 2. The maximum absolute atomic E-state index is 12.8. The number of phenolic OH excluding ortho intramolecular Hbond substituents is 1. The first-order valence-electron chi connectivity index (χ1n) is 8.74. The van der Waals surface area contributed by atoms with E-state index in [-0.39, 0.29) is 23.5 Å². The van der Waals surface area contributed by atoms with Gasteiger partial charge in [0.25, 0.3) is 0 Å². The lowest BCUT2D eigenvalue weighted by Crippen LogP contribution is -2.23. The molecule has 144 valence electrons. The highest BCUT2D eigenvalue weighted by Crippen LogP contribution is 2.30. The minimum absolute atomic E-state index is 0.0607. The second kappa shape index (κ2) is 9.24. The summed E-state index contributed by atoms with van der Waals surface area (Å²) in [5, 5.41) is 20.6. The molecule has 0 aromatic heterocycles. The third-order valence-electron chi connectivity index (χ3n) is 4.29. The van der Waals surface area contributed by atoms with Crippen LogP contribution in [0.25, 0.3) is 0 Å². The van der Waals surface area contributed by atoms with E-state index in [1.165, 1.54) is 13.2 Å². The van der Waals surface area contributed by atoms with E-state index in [4.69, 9.17) is 9.47 Å². The Kier molecular flexibility index (Phi) is 7.02. The number of allylic oxidation sites excluding steroid dienone is 2. The molecule has 0 saturated heterocycles. The second-order valence-electron chi connectivity index (χ2n) is 6.60. The van der Waals surface area contributed by atoms with Crippen LogP contribution in [0.15, 0.2) is 48.0 Å². The van der Waals surface area contributed by atoms with E-state index in [9.17, 15) is 15.0 Å². The number of carbonyl (C=O) groups is 1. The molecule has 1 atom stereocenters. The molecule has 27 heavy (non-hydrogen) atoms. The van der Waals surface area contributed by atoms with Crippen molar-refractivity contribution in [2.75, 3.05) is 14.2 Å². The number of ether oxygens (including phenoxy) is 2. The molecule has 5 nitrogen and oxygen atoms in total. The number of benzene rings is 2. The molecule has 0 spiro atoms. The molecule has 0 heterocycles. The van der Waals surface area contributed by atoms with Gasteiger partial charge < -0.3 is 19.7 Å². The molecular weight excluding hydrogens is 344 g/mol. The highest BCUT2D eigenvalue weighted by atomic mass is 16.5. The quantitative estimate of drug-likeness (QED) is 0.547. The Morgan fingerprint density at radius 3 is 2.33 bits per heavy atom. The van der Waals surface area contributed by atoms with Gasteiger partial charge >= 0.3 is 0 Å². The molecule has 0 aliphatic carbocycles. The van der Waals surface area contributed by atoms with Crippen LogP contribution in [0.1, 0.15) is 35.3 Å². The zero-order chi connectivity index (χ0) is 20.0. The average molecular weight is 370 g/mol. The summed E-state index contributed by atoms with van der Waals surface area (Å²) in [6.07, 6.45) is 1.42. The molecule has 2 aromatic rings. The number of carbonyl (C=O) groups excluding carboxylic acids is 1. The van der Waals surface area contributed by atoms with Gasteiger partial charge in [0.15, 0.2) is 5.78 Å². The largest absolute Gasteiger partial charge is 0.508 e. The summed E-state index contributed by atoms with van der Waals surface area (Å²) in [7, 11) is 3.01. The summed E-state index contributed by atoms with van der Waals surface area (Å²) in [6.45, 7) is 3.93. The third-order valence-corrected chi connectivity index (χ3v) is 4.29. The SMILES string of the molecule is COc1ccc(C[C@H](O)C(=O)c2cc(CC=C(C)C)c(O)cc2OC)cc1. The van der Waals surface area contributed by atoms with Crippen LogP contribution >= 0.6 is 0 Å². The van der Waals surface area contributed by atoms with Crippen molar-refractivity contribution in [3.63, 3.8) is 0 Å². The number of ketones is 1. The Balaban J connectivity index is 2.26.